The highest BCUT2D eigenvalue weighted by molar-refractivity contribution is 7.82. The SMILES string of the molecule is O=C(Nc1ccc(N(S)C(=O)NC(Cc2ccccc2)c2ccc(F)cc2)cc1)c1ccccc1F. The van der Waals surface area contributed by atoms with E-state index in [1.807, 2.05) is 30.3 Å². The van der Waals surface area contributed by atoms with Crippen LogP contribution in [0.5, 0.6) is 0 Å². The average Bonchev–Trinajstić information content (AvgIpc) is 2.89. The molecule has 0 aromatic heterocycles. The van der Waals surface area contributed by atoms with Gasteiger partial charge in [0.1, 0.15) is 11.6 Å². The van der Waals surface area contributed by atoms with Gasteiger partial charge in [0.05, 0.1) is 17.3 Å². The van der Waals surface area contributed by atoms with E-state index in [0.717, 1.165) is 15.4 Å². The molecule has 0 bridgehead atoms. The van der Waals surface area contributed by atoms with E-state index in [1.165, 1.54) is 30.3 Å². The zero-order chi connectivity index (χ0) is 25.5. The summed E-state index contributed by atoms with van der Waals surface area (Å²) in [6, 6.07) is 26.8. The fourth-order valence-electron chi connectivity index (χ4n) is 3.65. The first-order chi connectivity index (χ1) is 17.4. The van der Waals surface area contributed by atoms with Gasteiger partial charge in [0.2, 0.25) is 0 Å². The van der Waals surface area contributed by atoms with E-state index in [9.17, 15) is 18.4 Å². The summed E-state index contributed by atoms with van der Waals surface area (Å²) in [6.45, 7) is 0. The maximum atomic E-state index is 13.8. The van der Waals surface area contributed by atoms with Crippen LogP contribution in [0.15, 0.2) is 103 Å². The molecule has 0 aliphatic heterocycles. The number of hydrogen-bond donors (Lipinski definition) is 3. The van der Waals surface area contributed by atoms with Crippen LogP contribution in [0.2, 0.25) is 0 Å². The molecule has 0 aliphatic carbocycles. The number of urea groups is 1. The van der Waals surface area contributed by atoms with Gasteiger partial charge in [-0.1, -0.05) is 67.4 Å². The molecule has 0 fully saturated rings. The normalized spacial score (nSPS) is 11.4. The van der Waals surface area contributed by atoms with Gasteiger partial charge < -0.3 is 10.6 Å². The van der Waals surface area contributed by atoms with Crippen LogP contribution in [0.3, 0.4) is 0 Å². The van der Waals surface area contributed by atoms with Gasteiger partial charge in [-0.2, -0.15) is 0 Å². The highest BCUT2D eigenvalue weighted by atomic mass is 32.1. The average molecular weight is 504 g/mol. The molecule has 4 rings (SSSR count). The Morgan fingerprint density at radius 3 is 2.11 bits per heavy atom. The molecule has 5 nitrogen and oxygen atoms in total. The molecule has 2 N–H and O–H groups in total. The van der Waals surface area contributed by atoms with Gasteiger partial charge in [-0.25, -0.2) is 17.9 Å². The maximum Gasteiger partial charge on any atom is 0.332 e. The summed E-state index contributed by atoms with van der Waals surface area (Å²) < 4.78 is 28.5. The smallest absolute Gasteiger partial charge is 0.330 e. The van der Waals surface area contributed by atoms with Crippen LogP contribution < -0.4 is 14.9 Å². The van der Waals surface area contributed by atoms with Gasteiger partial charge >= 0.3 is 6.03 Å². The predicted octanol–water partition coefficient (Wildman–Crippen LogP) is 6.56. The second-order valence-electron chi connectivity index (χ2n) is 8.04. The third-order valence-electron chi connectivity index (χ3n) is 5.53. The van der Waals surface area contributed by atoms with E-state index < -0.39 is 23.8 Å². The van der Waals surface area contributed by atoms with E-state index in [0.29, 0.717) is 17.8 Å². The molecule has 0 aliphatic rings. The molecule has 0 radical (unpaired) electrons. The minimum Gasteiger partial charge on any atom is -0.330 e. The lowest BCUT2D eigenvalue weighted by Crippen LogP contribution is -2.37. The number of benzene rings is 4. The summed E-state index contributed by atoms with van der Waals surface area (Å²) in [5, 5.41) is 5.58. The van der Waals surface area contributed by atoms with E-state index in [4.69, 9.17) is 0 Å². The zero-order valence-electron chi connectivity index (χ0n) is 19.1. The Morgan fingerprint density at radius 1 is 0.806 bits per heavy atom. The van der Waals surface area contributed by atoms with Crippen LogP contribution in [0, 0.1) is 11.6 Å². The molecule has 3 amide bonds. The number of anilines is 2. The lowest BCUT2D eigenvalue weighted by atomic mass is 9.99. The van der Waals surface area contributed by atoms with E-state index in [1.54, 1.807) is 42.5 Å². The quantitative estimate of drug-likeness (QED) is 0.250. The summed E-state index contributed by atoms with van der Waals surface area (Å²) in [7, 11) is 0. The minimum absolute atomic E-state index is 0.0676. The predicted molar refractivity (Wildman–Crippen MR) is 140 cm³/mol. The lowest BCUT2D eigenvalue weighted by molar-refractivity contribution is 0.102. The summed E-state index contributed by atoms with van der Waals surface area (Å²) in [6.07, 6.45) is 0.501. The summed E-state index contributed by atoms with van der Waals surface area (Å²) in [4.78, 5) is 25.3. The number of thiol groups is 1. The van der Waals surface area contributed by atoms with Crippen molar-refractivity contribution in [3.63, 3.8) is 0 Å². The van der Waals surface area contributed by atoms with Crippen LogP contribution in [0.25, 0.3) is 0 Å². The highest BCUT2D eigenvalue weighted by Crippen LogP contribution is 2.23. The van der Waals surface area contributed by atoms with Crippen molar-refractivity contribution in [2.24, 2.45) is 0 Å². The van der Waals surface area contributed by atoms with Gasteiger partial charge in [-0.05, 0) is 66.1 Å². The van der Waals surface area contributed by atoms with E-state index in [-0.39, 0.29) is 11.4 Å². The van der Waals surface area contributed by atoms with Crippen LogP contribution in [-0.2, 0) is 6.42 Å². The van der Waals surface area contributed by atoms with E-state index >= 15 is 0 Å². The number of nitrogens with one attached hydrogen (secondary N) is 2. The summed E-state index contributed by atoms with van der Waals surface area (Å²) in [5.41, 5.74) is 2.58. The van der Waals surface area contributed by atoms with Crippen LogP contribution in [0.1, 0.15) is 27.5 Å². The Balaban J connectivity index is 1.45. The minimum atomic E-state index is -0.615. The Labute approximate surface area is 213 Å². The number of rotatable bonds is 7. The molecule has 0 saturated carbocycles. The van der Waals surface area contributed by atoms with Crippen molar-refractivity contribution >= 4 is 36.1 Å². The molecule has 1 atom stereocenters. The van der Waals surface area contributed by atoms with Crippen molar-refractivity contribution in [1.29, 1.82) is 0 Å². The van der Waals surface area contributed by atoms with Crippen LogP contribution >= 0.6 is 12.8 Å². The van der Waals surface area contributed by atoms with Crippen molar-refractivity contribution in [3.05, 3.63) is 131 Å². The number of nitrogens with zero attached hydrogens (tertiary/aromatic N) is 1. The largest absolute Gasteiger partial charge is 0.332 e. The number of amides is 3. The number of carbonyl (C=O) groups excluding carboxylic acids is 2. The number of carbonyl (C=O) groups is 2. The first kappa shape index (κ1) is 24.9. The molecule has 4 aromatic carbocycles. The van der Waals surface area contributed by atoms with Crippen molar-refractivity contribution in [3.8, 4) is 0 Å². The molecule has 0 saturated heterocycles. The Morgan fingerprint density at radius 2 is 1.44 bits per heavy atom. The summed E-state index contributed by atoms with van der Waals surface area (Å²) in [5.74, 6) is -1.55. The van der Waals surface area contributed by atoms with Crippen molar-refractivity contribution in [2.45, 2.75) is 12.5 Å². The number of hydrogen-bond acceptors (Lipinski definition) is 3. The topological polar surface area (TPSA) is 61.4 Å². The fourth-order valence-corrected chi connectivity index (χ4v) is 3.85. The third-order valence-corrected chi connectivity index (χ3v) is 5.95. The highest BCUT2D eigenvalue weighted by Gasteiger charge is 2.20. The van der Waals surface area contributed by atoms with Gasteiger partial charge in [0.15, 0.2) is 0 Å². The molecule has 4 aromatic rings. The molecule has 182 valence electrons. The first-order valence-electron chi connectivity index (χ1n) is 11.2. The van der Waals surface area contributed by atoms with Crippen molar-refractivity contribution < 1.29 is 18.4 Å². The van der Waals surface area contributed by atoms with Crippen molar-refractivity contribution in [1.82, 2.24) is 5.32 Å². The third kappa shape index (κ3) is 6.28. The molecule has 0 spiro atoms. The molecule has 8 heteroatoms. The monoisotopic (exact) mass is 503 g/mol. The van der Waals surface area contributed by atoms with Gasteiger partial charge in [0.25, 0.3) is 5.91 Å². The van der Waals surface area contributed by atoms with Gasteiger partial charge in [0, 0.05) is 5.69 Å². The summed E-state index contributed by atoms with van der Waals surface area (Å²) >= 11 is 4.34. The number of halogens is 2. The van der Waals surface area contributed by atoms with Gasteiger partial charge in [-0.15, -0.1) is 0 Å². The maximum absolute atomic E-state index is 13.8. The molecule has 36 heavy (non-hydrogen) atoms. The Kier molecular flexibility index (Phi) is 7.97. The lowest BCUT2D eigenvalue weighted by Gasteiger charge is -2.23. The Hall–Kier alpha value is -4.17. The second-order valence-corrected chi connectivity index (χ2v) is 8.44. The van der Waals surface area contributed by atoms with Crippen molar-refractivity contribution in [2.75, 3.05) is 9.62 Å². The Bertz CT molecular complexity index is 1330. The van der Waals surface area contributed by atoms with Crippen LogP contribution in [-0.4, -0.2) is 11.9 Å². The fraction of sp³-hybridized carbons (Fsp3) is 0.0714. The standard InChI is InChI=1S/C28H23F2N3O2S/c29-21-12-10-20(11-13-21)26(18-19-6-2-1-3-7-19)32-28(35)33(36)23-16-14-22(15-17-23)31-27(34)24-8-4-5-9-25(24)30/h1-17,26,36H,18H2,(H,31,34)(H,32,35). The van der Waals surface area contributed by atoms with E-state index in [2.05, 4.69) is 23.4 Å². The molecular formula is C28H23F2N3O2S. The molecule has 0 heterocycles. The first-order valence-corrected chi connectivity index (χ1v) is 11.6. The second kappa shape index (κ2) is 11.5. The van der Waals surface area contributed by atoms with Gasteiger partial charge in [-0.3, -0.25) is 4.79 Å². The zero-order valence-corrected chi connectivity index (χ0v) is 20.0. The molecule has 1 unspecified atom stereocenters. The molecular weight excluding hydrogens is 480 g/mol. The van der Waals surface area contributed by atoms with Crippen LogP contribution in [0.4, 0.5) is 25.0 Å².